The predicted octanol–water partition coefficient (Wildman–Crippen LogP) is 5.04. The maximum Gasteiger partial charge on any atom is 0.129 e. The molecule has 0 aliphatic carbocycles. The van der Waals surface area contributed by atoms with Gasteiger partial charge in [0.15, 0.2) is 0 Å². The second-order valence-electron chi connectivity index (χ2n) is 4.16. The highest BCUT2D eigenvalue weighted by atomic mass is 79.9. The number of nitrogens with one attached hydrogen (secondary N) is 1. The number of aliphatic hydroxyl groups is 1. The predicted molar refractivity (Wildman–Crippen MR) is 84.0 cm³/mol. The second kappa shape index (κ2) is 6.76. The quantitative estimate of drug-likeness (QED) is 0.780. The van der Waals surface area contributed by atoms with Gasteiger partial charge in [-0.3, -0.25) is 0 Å². The van der Waals surface area contributed by atoms with E-state index < -0.39 is 11.9 Å². The first-order valence-electron chi connectivity index (χ1n) is 5.80. The van der Waals surface area contributed by atoms with Gasteiger partial charge in [-0.05, 0) is 18.2 Å². The number of hydrogen-bond donors (Lipinski definition) is 2. The molecule has 0 saturated carbocycles. The van der Waals surface area contributed by atoms with Crippen molar-refractivity contribution in [1.82, 2.24) is 0 Å². The molecule has 2 aromatic rings. The molecule has 0 heterocycles. The van der Waals surface area contributed by atoms with E-state index in [1.807, 2.05) is 0 Å². The number of rotatable bonds is 4. The number of anilines is 1. The molecule has 0 aliphatic heterocycles. The molecule has 2 aromatic carbocycles. The Morgan fingerprint density at radius 1 is 1.20 bits per heavy atom. The van der Waals surface area contributed by atoms with E-state index in [0.29, 0.717) is 15.7 Å². The Hall–Kier alpha value is -0.810. The van der Waals surface area contributed by atoms with Gasteiger partial charge >= 0.3 is 0 Å². The van der Waals surface area contributed by atoms with Crippen LogP contribution in [-0.4, -0.2) is 11.7 Å². The van der Waals surface area contributed by atoms with Gasteiger partial charge in [-0.1, -0.05) is 57.3 Å². The lowest BCUT2D eigenvalue weighted by atomic mass is 10.1. The van der Waals surface area contributed by atoms with Crippen molar-refractivity contribution in [3.05, 3.63) is 62.3 Å². The fraction of sp³-hybridized carbons (Fsp3) is 0.143. The van der Waals surface area contributed by atoms with Crippen molar-refractivity contribution in [2.75, 3.05) is 11.9 Å². The first-order chi connectivity index (χ1) is 9.49. The van der Waals surface area contributed by atoms with Gasteiger partial charge in [0.05, 0.1) is 21.8 Å². The zero-order valence-electron chi connectivity index (χ0n) is 10.2. The van der Waals surface area contributed by atoms with Crippen LogP contribution in [-0.2, 0) is 0 Å². The summed E-state index contributed by atoms with van der Waals surface area (Å²) < 4.78 is 14.3. The molecule has 2 nitrogen and oxygen atoms in total. The Morgan fingerprint density at radius 2 is 1.80 bits per heavy atom. The Morgan fingerprint density at radius 3 is 2.40 bits per heavy atom. The van der Waals surface area contributed by atoms with Gasteiger partial charge in [0.25, 0.3) is 0 Å². The van der Waals surface area contributed by atoms with Crippen LogP contribution in [0.1, 0.15) is 11.7 Å². The molecule has 2 N–H and O–H groups in total. The van der Waals surface area contributed by atoms with E-state index >= 15 is 0 Å². The van der Waals surface area contributed by atoms with Crippen LogP contribution in [0, 0.1) is 5.82 Å². The van der Waals surface area contributed by atoms with Crippen molar-refractivity contribution in [2.24, 2.45) is 0 Å². The third kappa shape index (κ3) is 3.64. The van der Waals surface area contributed by atoms with Crippen molar-refractivity contribution in [1.29, 1.82) is 0 Å². The van der Waals surface area contributed by atoms with Crippen molar-refractivity contribution in [3.8, 4) is 0 Å². The molecule has 0 fully saturated rings. The SMILES string of the molecule is OC(CNc1c(Cl)cc(Br)cc1Cl)c1ccccc1F. The van der Waals surface area contributed by atoms with Crippen LogP contribution in [0.3, 0.4) is 0 Å². The fourth-order valence-electron chi connectivity index (χ4n) is 1.77. The second-order valence-corrected chi connectivity index (χ2v) is 5.89. The number of halogens is 4. The highest BCUT2D eigenvalue weighted by Gasteiger charge is 2.14. The maximum atomic E-state index is 13.5. The Kier molecular flexibility index (Phi) is 5.27. The smallest absolute Gasteiger partial charge is 0.129 e. The molecule has 20 heavy (non-hydrogen) atoms. The normalized spacial score (nSPS) is 12.2. The highest BCUT2D eigenvalue weighted by molar-refractivity contribution is 9.10. The summed E-state index contributed by atoms with van der Waals surface area (Å²) in [5, 5.41) is 13.8. The zero-order valence-corrected chi connectivity index (χ0v) is 13.3. The molecule has 6 heteroatoms. The van der Waals surface area contributed by atoms with Gasteiger partial charge in [-0.15, -0.1) is 0 Å². The molecule has 0 spiro atoms. The summed E-state index contributed by atoms with van der Waals surface area (Å²) in [4.78, 5) is 0. The van der Waals surface area contributed by atoms with Crippen LogP contribution in [0.4, 0.5) is 10.1 Å². The summed E-state index contributed by atoms with van der Waals surface area (Å²) in [6.45, 7) is 0.0992. The van der Waals surface area contributed by atoms with E-state index in [4.69, 9.17) is 23.2 Å². The molecule has 0 aromatic heterocycles. The molecule has 0 amide bonds. The van der Waals surface area contributed by atoms with Crippen molar-refractivity contribution < 1.29 is 9.50 Å². The molecular weight excluding hydrogens is 368 g/mol. The summed E-state index contributed by atoms with van der Waals surface area (Å²) in [5.41, 5.74) is 0.733. The lowest BCUT2D eigenvalue weighted by Crippen LogP contribution is -2.14. The molecular formula is C14H11BrCl2FNO. The number of benzene rings is 2. The average molecular weight is 379 g/mol. The van der Waals surface area contributed by atoms with Gasteiger partial charge in [0, 0.05) is 16.6 Å². The Bertz CT molecular complexity index is 601. The Labute approximate surface area is 134 Å². The molecule has 0 aliphatic rings. The largest absolute Gasteiger partial charge is 0.386 e. The highest BCUT2D eigenvalue weighted by Crippen LogP contribution is 2.34. The first-order valence-corrected chi connectivity index (χ1v) is 7.35. The summed E-state index contributed by atoms with van der Waals surface area (Å²) in [5.74, 6) is -0.449. The minimum Gasteiger partial charge on any atom is -0.386 e. The maximum absolute atomic E-state index is 13.5. The number of hydrogen-bond acceptors (Lipinski definition) is 2. The van der Waals surface area contributed by atoms with Crippen molar-refractivity contribution in [2.45, 2.75) is 6.10 Å². The molecule has 1 unspecified atom stereocenters. The molecule has 0 bridgehead atoms. The third-order valence-corrected chi connectivity index (χ3v) is 3.80. The van der Waals surface area contributed by atoms with E-state index in [1.165, 1.54) is 12.1 Å². The lowest BCUT2D eigenvalue weighted by Gasteiger charge is -2.16. The van der Waals surface area contributed by atoms with Crippen LogP contribution >= 0.6 is 39.1 Å². The lowest BCUT2D eigenvalue weighted by molar-refractivity contribution is 0.186. The third-order valence-electron chi connectivity index (χ3n) is 2.74. The Balaban J connectivity index is 2.12. The van der Waals surface area contributed by atoms with Gasteiger partial charge < -0.3 is 10.4 Å². The first kappa shape index (κ1) is 15.6. The average Bonchev–Trinajstić information content (AvgIpc) is 2.37. The standard InChI is InChI=1S/C14H11BrCl2FNO/c15-8-5-10(16)14(11(17)6-8)19-7-13(20)9-3-1-2-4-12(9)18/h1-6,13,19-20H,7H2. The van der Waals surface area contributed by atoms with Crippen molar-refractivity contribution >= 4 is 44.8 Å². The monoisotopic (exact) mass is 377 g/mol. The van der Waals surface area contributed by atoms with Gasteiger partial charge in [-0.2, -0.15) is 0 Å². The molecule has 1 atom stereocenters. The van der Waals surface area contributed by atoms with Crippen LogP contribution in [0.5, 0.6) is 0 Å². The zero-order chi connectivity index (χ0) is 14.7. The minimum absolute atomic E-state index is 0.0992. The topological polar surface area (TPSA) is 32.3 Å². The van der Waals surface area contributed by atoms with E-state index in [2.05, 4.69) is 21.2 Å². The summed E-state index contributed by atoms with van der Waals surface area (Å²) in [6, 6.07) is 9.45. The molecule has 106 valence electrons. The number of aliphatic hydroxyl groups excluding tert-OH is 1. The van der Waals surface area contributed by atoms with Crippen LogP contribution in [0.25, 0.3) is 0 Å². The van der Waals surface area contributed by atoms with E-state index in [0.717, 1.165) is 4.47 Å². The molecule has 0 saturated heterocycles. The van der Waals surface area contributed by atoms with Crippen molar-refractivity contribution in [3.63, 3.8) is 0 Å². The molecule has 0 radical (unpaired) electrons. The van der Waals surface area contributed by atoms with Gasteiger partial charge in [0.1, 0.15) is 5.82 Å². The fourth-order valence-corrected chi connectivity index (χ4v) is 3.11. The van der Waals surface area contributed by atoms with Crippen LogP contribution < -0.4 is 5.32 Å². The molecule has 2 rings (SSSR count). The van der Waals surface area contributed by atoms with E-state index in [1.54, 1.807) is 24.3 Å². The van der Waals surface area contributed by atoms with Gasteiger partial charge in [0.2, 0.25) is 0 Å². The van der Waals surface area contributed by atoms with Crippen LogP contribution in [0.15, 0.2) is 40.9 Å². The summed E-state index contributed by atoms with van der Waals surface area (Å²) in [7, 11) is 0. The van der Waals surface area contributed by atoms with Crippen LogP contribution in [0.2, 0.25) is 10.0 Å². The van der Waals surface area contributed by atoms with E-state index in [9.17, 15) is 9.50 Å². The summed E-state index contributed by atoms with van der Waals surface area (Å²) >= 11 is 15.4. The van der Waals surface area contributed by atoms with E-state index in [-0.39, 0.29) is 12.1 Å². The summed E-state index contributed by atoms with van der Waals surface area (Å²) in [6.07, 6.45) is -0.994. The van der Waals surface area contributed by atoms with Gasteiger partial charge in [-0.25, -0.2) is 4.39 Å². The minimum atomic E-state index is -0.994.